The quantitative estimate of drug-likeness (QED) is 0.719. The molecule has 2 rings (SSSR count). The smallest absolute Gasteiger partial charge is 0.279 e. The zero-order chi connectivity index (χ0) is 20.9. The van der Waals surface area contributed by atoms with Gasteiger partial charge in [-0.05, 0) is 48.1 Å². The first-order valence-corrected chi connectivity index (χ1v) is 9.64. The molecule has 3 N–H and O–H groups in total. The number of hydrogen-bond donors (Lipinski definition) is 3. The van der Waals surface area contributed by atoms with E-state index in [-0.39, 0.29) is 30.3 Å². The molecule has 28 heavy (non-hydrogen) atoms. The molecular weight excluding hydrogens is 350 g/mol. The molecule has 1 atom stereocenters. The van der Waals surface area contributed by atoms with E-state index >= 15 is 0 Å². The number of hydrogen-bond acceptors (Lipinski definition) is 2. The van der Waals surface area contributed by atoms with Crippen LogP contribution < -0.4 is 15.5 Å². The van der Waals surface area contributed by atoms with Gasteiger partial charge in [0.25, 0.3) is 11.8 Å². The molecule has 0 heterocycles. The summed E-state index contributed by atoms with van der Waals surface area (Å²) >= 11 is 0. The molecule has 150 valence electrons. The fourth-order valence-electron chi connectivity index (χ4n) is 3.06. The number of likely N-dealkylation sites (N-methyl/N-ethyl adjacent to an activating group) is 1. The van der Waals surface area contributed by atoms with Gasteiger partial charge in [0.15, 0.2) is 13.1 Å². The van der Waals surface area contributed by atoms with Crippen LogP contribution in [0.15, 0.2) is 42.5 Å². The van der Waals surface area contributed by atoms with Crippen molar-refractivity contribution in [3.05, 3.63) is 59.2 Å². The number of para-hydroxylation sites is 1. The van der Waals surface area contributed by atoms with E-state index in [9.17, 15) is 9.59 Å². The molecule has 2 aromatic rings. The van der Waals surface area contributed by atoms with Gasteiger partial charge in [0.2, 0.25) is 0 Å². The molecule has 0 aliphatic heterocycles. The van der Waals surface area contributed by atoms with Crippen LogP contribution in [0.25, 0.3) is 0 Å². The molecular formula is C23H32N3O2+. The average molecular weight is 383 g/mol. The summed E-state index contributed by atoms with van der Waals surface area (Å²) < 4.78 is 0. The molecule has 5 heteroatoms. The standard InChI is InChI=1S/C23H31N3O2/c1-16-8-7-9-17(2)22(16)25-21(28)15-26(6)14-20(27)24-19-12-10-18(11-13-19)23(3,4)5/h7-13H,14-15H2,1-6H3,(H,24,27)(H,25,28)/p+1. The second-order valence-corrected chi connectivity index (χ2v) is 8.50. The van der Waals surface area contributed by atoms with E-state index < -0.39 is 0 Å². The minimum Gasteiger partial charge on any atom is -0.322 e. The number of nitrogens with one attached hydrogen (secondary N) is 3. The van der Waals surface area contributed by atoms with Crippen LogP contribution in [0.5, 0.6) is 0 Å². The minimum absolute atomic E-state index is 0.0791. The first-order valence-electron chi connectivity index (χ1n) is 9.64. The number of aryl methyl sites for hydroxylation is 2. The molecule has 0 spiro atoms. The molecule has 0 saturated heterocycles. The van der Waals surface area contributed by atoms with Crippen LogP contribution in [0.2, 0.25) is 0 Å². The van der Waals surface area contributed by atoms with Crippen molar-refractivity contribution in [1.29, 1.82) is 0 Å². The average Bonchev–Trinajstić information content (AvgIpc) is 2.57. The Labute approximate surface area is 168 Å². The van der Waals surface area contributed by atoms with E-state index in [1.807, 2.05) is 63.4 Å². The van der Waals surface area contributed by atoms with Gasteiger partial charge in [0.1, 0.15) is 0 Å². The van der Waals surface area contributed by atoms with Crippen molar-refractivity contribution in [2.24, 2.45) is 0 Å². The van der Waals surface area contributed by atoms with Crippen LogP contribution in [-0.4, -0.2) is 32.0 Å². The Bertz CT molecular complexity index is 816. The van der Waals surface area contributed by atoms with Crippen LogP contribution in [-0.2, 0) is 15.0 Å². The van der Waals surface area contributed by atoms with Crippen molar-refractivity contribution < 1.29 is 14.5 Å². The fraction of sp³-hybridized carbons (Fsp3) is 0.391. The summed E-state index contributed by atoms with van der Waals surface area (Å²) in [6.45, 7) is 10.9. The summed E-state index contributed by atoms with van der Waals surface area (Å²) in [6, 6.07) is 13.8. The molecule has 0 saturated carbocycles. The van der Waals surface area contributed by atoms with E-state index in [2.05, 4.69) is 31.4 Å². The van der Waals surface area contributed by atoms with Crippen LogP contribution in [0.3, 0.4) is 0 Å². The monoisotopic (exact) mass is 382 g/mol. The van der Waals surface area contributed by atoms with Gasteiger partial charge in [-0.1, -0.05) is 51.1 Å². The zero-order valence-electron chi connectivity index (χ0n) is 17.8. The van der Waals surface area contributed by atoms with Crippen molar-refractivity contribution in [3.63, 3.8) is 0 Å². The number of carbonyl (C=O) groups excluding carboxylic acids is 2. The molecule has 0 aliphatic rings. The Hall–Kier alpha value is -2.66. The predicted molar refractivity (Wildman–Crippen MR) is 115 cm³/mol. The first-order chi connectivity index (χ1) is 13.1. The molecule has 0 radical (unpaired) electrons. The highest BCUT2D eigenvalue weighted by atomic mass is 16.2. The van der Waals surface area contributed by atoms with Crippen LogP contribution in [0, 0.1) is 13.8 Å². The van der Waals surface area contributed by atoms with Gasteiger partial charge in [0.05, 0.1) is 7.05 Å². The van der Waals surface area contributed by atoms with Crippen LogP contribution in [0.1, 0.15) is 37.5 Å². The Kier molecular flexibility index (Phi) is 6.97. The molecule has 2 aromatic carbocycles. The van der Waals surface area contributed by atoms with Gasteiger partial charge in [-0.15, -0.1) is 0 Å². The number of carbonyl (C=O) groups is 2. The lowest BCUT2D eigenvalue weighted by Crippen LogP contribution is -3.11. The first kappa shape index (κ1) is 21.6. The minimum atomic E-state index is -0.110. The van der Waals surface area contributed by atoms with Gasteiger partial charge in [-0.3, -0.25) is 9.59 Å². The molecule has 2 amide bonds. The maximum absolute atomic E-state index is 12.3. The van der Waals surface area contributed by atoms with Gasteiger partial charge in [0, 0.05) is 11.4 Å². The fourth-order valence-corrected chi connectivity index (χ4v) is 3.06. The van der Waals surface area contributed by atoms with Crippen molar-refractivity contribution in [1.82, 2.24) is 0 Å². The normalized spacial score (nSPS) is 12.4. The second kappa shape index (κ2) is 9.02. The summed E-state index contributed by atoms with van der Waals surface area (Å²) in [7, 11) is 1.84. The molecule has 0 aliphatic carbocycles. The van der Waals surface area contributed by atoms with E-state index in [1.165, 1.54) is 5.56 Å². The molecule has 0 fully saturated rings. The summed E-state index contributed by atoms with van der Waals surface area (Å²) in [5, 5.41) is 5.86. The molecule has 0 aromatic heterocycles. The highest BCUT2D eigenvalue weighted by Crippen LogP contribution is 2.23. The number of benzene rings is 2. The number of rotatable bonds is 6. The third kappa shape index (κ3) is 6.20. The van der Waals surface area contributed by atoms with Crippen molar-refractivity contribution in [2.45, 2.75) is 40.0 Å². The highest BCUT2D eigenvalue weighted by Gasteiger charge is 2.17. The Balaban J connectivity index is 1.86. The van der Waals surface area contributed by atoms with Gasteiger partial charge < -0.3 is 15.5 Å². The lowest BCUT2D eigenvalue weighted by molar-refractivity contribution is -0.862. The predicted octanol–water partition coefficient (Wildman–Crippen LogP) is 2.69. The number of anilines is 2. The van der Waals surface area contributed by atoms with Gasteiger partial charge in [-0.2, -0.15) is 0 Å². The topological polar surface area (TPSA) is 62.6 Å². The largest absolute Gasteiger partial charge is 0.322 e. The van der Waals surface area contributed by atoms with Crippen molar-refractivity contribution >= 4 is 23.2 Å². The zero-order valence-corrected chi connectivity index (χ0v) is 17.8. The summed E-state index contributed by atoms with van der Waals surface area (Å²) in [6.07, 6.45) is 0. The van der Waals surface area contributed by atoms with E-state index in [4.69, 9.17) is 0 Å². The molecule has 5 nitrogen and oxygen atoms in total. The van der Waals surface area contributed by atoms with E-state index in [1.54, 1.807) is 0 Å². The maximum atomic E-state index is 12.3. The Morgan fingerprint density at radius 2 is 1.36 bits per heavy atom. The lowest BCUT2D eigenvalue weighted by Gasteiger charge is -2.19. The Morgan fingerprint density at radius 3 is 1.86 bits per heavy atom. The lowest BCUT2D eigenvalue weighted by atomic mass is 9.87. The molecule has 1 unspecified atom stereocenters. The molecule has 0 bridgehead atoms. The third-order valence-electron chi connectivity index (χ3n) is 4.70. The number of amides is 2. The summed E-state index contributed by atoms with van der Waals surface area (Å²) in [4.78, 5) is 25.5. The second-order valence-electron chi connectivity index (χ2n) is 8.50. The highest BCUT2D eigenvalue weighted by molar-refractivity contribution is 5.94. The Morgan fingerprint density at radius 1 is 0.857 bits per heavy atom. The van der Waals surface area contributed by atoms with Crippen LogP contribution in [0.4, 0.5) is 11.4 Å². The third-order valence-corrected chi connectivity index (χ3v) is 4.70. The van der Waals surface area contributed by atoms with Crippen LogP contribution >= 0.6 is 0 Å². The SMILES string of the molecule is Cc1cccc(C)c1NC(=O)C[NH+](C)CC(=O)Nc1ccc(C(C)(C)C)cc1. The van der Waals surface area contributed by atoms with E-state index in [0.717, 1.165) is 27.4 Å². The van der Waals surface area contributed by atoms with Gasteiger partial charge >= 0.3 is 0 Å². The number of quaternary nitrogens is 1. The summed E-state index contributed by atoms with van der Waals surface area (Å²) in [5.41, 5.74) is 4.98. The van der Waals surface area contributed by atoms with E-state index in [0.29, 0.717) is 0 Å². The maximum Gasteiger partial charge on any atom is 0.279 e. The summed E-state index contributed by atoms with van der Waals surface area (Å²) in [5.74, 6) is -0.210. The van der Waals surface area contributed by atoms with Gasteiger partial charge in [-0.25, -0.2) is 0 Å². The van der Waals surface area contributed by atoms with Crippen molar-refractivity contribution in [2.75, 3.05) is 30.8 Å². The van der Waals surface area contributed by atoms with Crippen molar-refractivity contribution in [3.8, 4) is 0 Å².